The molecular weight excluding hydrogens is 252 g/mol. The fourth-order valence-electron chi connectivity index (χ4n) is 2.49. The second-order valence-corrected chi connectivity index (χ2v) is 6.73. The third kappa shape index (κ3) is 3.38. The number of carbonyl (C=O) groups is 1. The number of aliphatic hydroxyl groups is 2. The van der Waals surface area contributed by atoms with Gasteiger partial charge in [0.25, 0.3) is 0 Å². The van der Waals surface area contributed by atoms with Gasteiger partial charge in [0.1, 0.15) is 0 Å². The first kappa shape index (κ1) is 14.1. The van der Waals surface area contributed by atoms with Crippen molar-refractivity contribution >= 4 is 17.7 Å². The van der Waals surface area contributed by atoms with E-state index in [-0.39, 0.29) is 12.5 Å². The van der Waals surface area contributed by atoms with Crippen LogP contribution in [0, 0.1) is 0 Å². The van der Waals surface area contributed by atoms with Crippen LogP contribution in [-0.4, -0.2) is 51.4 Å². The summed E-state index contributed by atoms with van der Waals surface area (Å²) in [6.07, 6.45) is 4.06. The Morgan fingerprint density at radius 3 is 2.78 bits per heavy atom. The van der Waals surface area contributed by atoms with E-state index in [1.807, 2.05) is 0 Å². The van der Waals surface area contributed by atoms with Crippen LogP contribution in [0.25, 0.3) is 0 Å². The molecule has 104 valence electrons. The molecule has 0 aromatic heterocycles. The number of carbonyl (C=O) groups excluding carboxylic acids is 1. The average Bonchev–Trinajstić information content (AvgIpc) is 3.05. The van der Waals surface area contributed by atoms with Gasteiger partial charge in [-0.25, -0.2) is 0 Å². The third-order valence-corrected chi connectivity index (χ3v) is 5.18. The lowest BCUT2D eigenvalue weighted by atomic mass is 9.96. The minimum absolute atomic E-state index is 0.207. The summed E-state index contributed by atoms with van der Waals surface area (Å²) in [4.78, 5) is 11.7. The normalized spacial score (nSPS) is 33.6. The number of nitrogens with one attached hydrogen (secondary N) is 1. The van der Waals surface area contributed by atoms with Crippen molar-refractivity contribution in [3.8, 4) is 0 Å². The van der Waals surface area contributed by atoms with Gasteiger partial charge >= 0.3 is 0 Å². The van der Waals surface area contributed by atoms with Gasteiger partial charge in [0, 0.05) is 17.0 Å². The second kappa shape index (κ2) is 5.77. The van der Waals surface area contributed by atoms with E-state index in [4.69, 9.17) is 10.8 Å². The van der Waals surface area contributed by atoms with E-state index in [1.165, 1.54) is 0 Å². The van der Waals surface area contributed by atoms with Crippen molar-refractivity contribution in [1.82, 2.24) is 5.32 Å². The van der Waals surface area contributed by atoms with Crippen molar-refractivity contribution in [1.29, 1.82) is 0 Å². The van der Waals surface area contributed by atoms with Crippen molar-refractivity contribution in [3.63, 3.8) is 0 Å². The Morgan fingerprint density at radius 2 is 2.22 bits per heavy atom. The van der Waals surface area contributed by atoms with E-state index in [9.17, 15) is 9.90 Å². The summed E-state index contributed by atoms with van der Waals surface area (Å²) < 4.78 is 0. The Kier molecular flexibility index (Phi) is 4.53. The molecule has 0 aromatic rings. The lowest BCUT2D eigenvalue weighted by Gasteiger charge is -2.27. The summed E-state index contributed by atoms with van der Waals surface area (Å²) in [6.45, 7) is -0.207. The molecule has 5 N–H and O–H groups in total. The molecule has 0 radical (unpaired) electrons. The Balaban J connectivity index is 1.85. The summed E-state index contributed by atoms with van der Waals surface area (Å²) >= 11 is 1.63. The van der Waals surface area contributed by atoms with Crippen molar-refractivity contribution in [2.24, 2.45) is 5.73 Å². The fraction of sp³-hybridized carbons (Fsp3) is 0.917. The van der Waals surface area contributed by atoms with E-state index in [0.29, 0.717) is 17.0 Å². The minimum atomic E-state index is -0.671. The van der Waals surface area contributed by atoms with Crippen LogP contribution >= 0.6 is 11.8 Å². The molecule has 3 atom stereocenters. The van der Waals surface area contributed by atoms with Gasteiger partial charge in [0.05, 0.1) is 18.2 Å². The van der Waals surface area contributed by atoms with Crippen molar-refractivity contribution in [2.75, 3.05) is 12.4 Å². The first-order valence-corrected chi connectivity index (χ1v) is 7.59. The maximum Gasteiger partial charge on any atom is 0.237 e. The monoisotopic (exact) mass is 274 g/mol. The van der Waals surface area contributed by atoms with Crippen LogP contribution in [0.3, 0.4) is 0 Å². The van der Waals surface area contributed by atoms with Gasteiger partial charge in [-0.3, -0.25) is 4.79 Å². The largest absolute Gasteiger partial charge is 0.394 e. The van der Waals surface area contributed by atoms with Crippen molar-refractivity contribution < 1.29 is 15.0 Å². The molecule has 2 aliphatic carbocycles. The number of nitrogens with two attached hydrogens (primary N) is 1. The first-order chi connectivity index (χ1) is 8.55. The Bertz CT molecular complexity index is 312. The summed E-state index contributed by atoms with van der Waals surface area (Å²) in [5.74, 6) is 0.264. The number of aliphatic hydroxyl groups excluding tert-OH is 2. The number of hydrogen-bond donors (Lipinski definition) is 4. The minimum Gasteiger partial charge on any atom is -0.394 e. The maximum atomic E-state index is 11.7. The highest BCUT2D eigenvalue weighted by molar-refractivity contribution is 7.99. The standard InChI is InChI=1S/C12H22N2O3S/c13-11(17)12(14-8-1-2-8)4-3-10(5-12)18-7-9(16)6-15/h8-10,14-16H,1-7H2,(H2,13,17). The number of primary amides is 1. The molecule has 2 aliphatic rings. The number of thioether (sulfide) groups is 1. The van der Waals surface area contributed by atoms with Crippen LogP contribution < -0.4 is 11.1 Å². The highest BCUT2D eigenvalue weighted by atomic mass is 32.2. The SMILES string of the molecule is NC(=O)C1(NC2CC2)CCC(SCC(O)CO)C1. The molecule has 1 amide bonds. The topological polar surface area (TPSA) is 95.6 Å². The molecule has 0 aromatic carbocycles. The summed E-state index contributed by atoms with van der Waals surface area (Å²) in [5.41, 5.74) is 5.01. The number of hydrogen-bond acceptors (Lipinski definition) is 5. The molecule has 0 bridgehead atoms. The predicted molar refractivity (Wildman–Crippen MR) is 71.3 cm³/mol. The quantitative estimate of drug-likeness (QED) is 0.507. The predicted octanol–water partition coefficient (Wildman–Crippen LogP) is -0.399. The average molecular weight is 274 g/mol. The molecule has 0 aliphatic heterocycles. The molecule has 6 heteroatoms. The van der Waals surface area contributed by atoms with Gasteiger partial charge in [0.15, 0.2) is 0 Å². The Hall–Kier alpha value is -0.300. The van der Waals surface area contributed by atoms with E-state index in [1.54, 1.807) is 11.8 Å². The zero-order valence-electron chi connectivity index (χ0n) is 10.5. The number of amides is 1. The van der Waals surface area contributed by atoms with Gasteiger partial charge in [-0.05, 0) is 32.1 Å². The molecule has 0 saturated heterocycles. The molecule has 2 rings (SSSR count). The van der Waals surface area contributed by atoms with Crippen LogP contribution in [-0.2, 0) is 4.79 Å². The maximum absolute atomic E-state index is 11.7. The van der Waals surface area contributed by atoms with Gasteiger partial charge in [-0.15, -0.1) is 0 Å². The molecule has 2 saturated carbocycles. The molecule has 2 fully saturated rings. The first-order valence-electron chi connectivity index (χ1n) is 6.54. The summed E-state index contributed by atoms with van der Waals surface area (Å²) in [7, 11) is 0. The van der Waals surface area contributed by atoms with Crippen molar-refractivity contribution in [3.05, 3.63) is 0 Å². The third-order valence-electron chi connectivity index (χ3n) is 3.73. The van der Waals surface area contributed by atoms with Gasteiger partial charge < -0.3 is 21.3 Å². The molecule has 0 spiro atoms. The van der Waals surface area contributed by atoms with Crippen LogP contribution in [0.15, 0.2) is 0 Å². The van der Waals surface area contributed by atoms with E-state index >= 15 is 0 Å². The van der Waals surface area contributed by atoms with Crippen LogP contribution in [0.5, 0.6) is 0 Å². The van der Waals surface area contributed by atoms with Gasteiger partial charge in [-0.1, -0.05) is 0 Å². The highest BCUT2D eigenvalue weighted by Crippen LogP contribution is 2.39. The van der Waals surface area contributed by atoms with Crippen LogP contribution in [0.4, 0.5) is 0 Å². The smallest absolute Gasteiger partial charge is 0.237 e. The summed E-state index contributed by atoms with van der Waals surface area (Å²) in [5, 5.41) is 21.8. The Morgan fingerprint density at radius 1 is 1.50 bits per heavy atom. The van der Waals surface area contributed by atoms with E-state index in [0.717, 1.165) is 32.1 Å². The Labute approximate surface area is 112 Å². The molecule has 0 heterocycles. The highest BCUT2D eigenvalue weighted by Gasteiger charge is 2.46. The van der Waals surface area contributed by atoms with Gasteiger partial charge in [0.2, 0.25) is 5.91 Å². The van der Waals surface area contributed by atoms with E-state index in [2.05, 4.69) is 5.32 Å². The number of rotatable bonds is 7. The van der Waals surface area contributed by atoms with E-state index < -0.39 is 11.6 Å². The van der Waals surface area contributed by atoms with Gasteiger partial charge in [-0.2, -0.15) is 11.8 Å². The lowest BCUT2D eigenvalue weighted by Crippen LogP contribution is -2.54. The van der Waals surface area contributed by atoms with Crippen LogP contribution in [0.2, 0.25) is 0 Å². The zero-order valence-corrected chi connectivity index (χ0v) is 11.3. The molecule has 3 unspecified atom stereocenters. The second-order valence-electron chi connectivity index (χ2n) is 5.40. The molecule has 18 heavy (non-hydrogen) atoms. The molecule has 5 nitrogen and oxygen atoms in total. The van der Waals surface area contributed by atoms with Crippen LogP contribution in [0.1, 0.15) is 32.1 Å². The fourth-order valence-corrected chi connectivity index (χ4v) is 3.77. The molecular formula is C12H22N2O3S. The van der Waals surface area contributed by atoms with Crippen molar-refractivity contribution in [2.45, 2.75) is 55.0 Å². The zero-order chi connectivity index (χ0) is 13.2. The summed E-state index contributed by atoms with van der Waals surface area (Å²) in [6, 6.07) is 0.462. The lowest BCUT2D eigenvalue weighted by molar-refractivity contribution is -0.124.